The first kappa shape index (κ1) is 13.7. The first-order chi connectivity index (χ1) is 8.93. The second kappa shape index (κ2) is 5.13. The van der Waals surface area contributed by atoms with E-state index in [2.05, 4.69) is 0 Å². The first-order valence-corrected chi connectivity index (χ1v) is 6.20. The van der Waals surface area contributed by atoms with Gasteiger partial charge >= 0.3 is 0 Å². The maximum atomic E-state index is 9.76. The highest BCUT2D eigenvalue weighted by atomic mass is 16.7. The lowest BCUT2D eigenvalue weighted by Gasteiger charge is -2.37. The van der Waals surface area contributed by atoms with Crippen molar-refractivity contribution in [2.75, 3.05) is 0 Å². The third-order valence-corrected chi connectivity index (χ3v) is 3.55. The van der Waals surface area contributed by atoms with Crippen molar-refractivity contribution < 1.29 is 15.3 Å². The van der Waals surface area contributed by atoms with Crippen LogP contribution in [-0.2, 0) is 11.8 Å². The van der Waals surface area contributed by atoms with E-state index in [-0.39, 0.29) is 0 Å². The molecule has 1 atom stereocenters. The van der Waals surface area contributed by atoms with Crippen molar-refractivity contribution >= 4 is 0 Å². The Hall–Kier alpha value is -1.68. The van der Waals surface area contributed by atoms with E-state index in [1.165, 1.54) is 0 Å². The van der Waals surface area contributed by atoms with Crippen LogP contribution in [0.3, 0.4) is 0 Å². The van der Waals surface area contributed by atoms with E-state index in [0.717, 1.165) is 5.56 Å². The zero-order chi connectivity index (χ0) is 13.9. The predicted octanol–water partition coefficient (Wildman–Crippen LogP) is 1.82. The van der Waals surface area contributed by atoms with Gasteiger partial charge in [-0.05, 0) is 24.5 Å². The molecule has 0 aliphatic rings. The molecular weight excluding hydrogens is 240 g/mol. The van der Waals surface area contributed by atoms with Crippen molar-refractivity contribution in [2.24, 2.45) is 0 Å². The highest BCUT2D eigenvalue weighted by Gasteiger charge is 2.46. The molecule has 19 heavy (non-hydrogen) atoms. The zero-order valence-corrected chi connectivity index (χ0v) is 10.8. The molecule has 3 N–H and O–H groups in total. The lowest BCUT2D eigenvalue weighted by atomic mass is 9.75. The van der Waals surface area contributed by atoms with Gasteiger partial charge < -0.3 is 15.3 Å². The summed E-state index contributed by atoms with van der Waals surface area (Å²) in [7, 11) is 0. The Morgan fingerprint density at radius 3 is 1.74 bits per heavy atom. The lowest BCUT2D eigenvalue weighted by molar-refractivity contribution is -0.349. The topological polar surface area (TPSA) is 60.7 Å². The van der Waals surface area contributed by atoms with Crippen LogP contribution in [0.25, 0.3) is 0 Å². The summed E-state index contributed by atoms with van der Waals surface area (Å²) in [5, 5.41) is 29.3. The van der Waals surface area contributed by atoms with Gasteiger partial charge in [-0.2, -0.15) is 0 Å². The Bertz CT molecular complexity index is 517. The summed E-state index contributed by atoms with van der Waals surface area (Å²) in [6.45, 7) is 1.63. The van der Waals surface area contributed by atoms with Crippen LogP contribution < -0.4 is 0 Å². The molecule has 1 unspecified atom stereocenters. The molecule has 0 heterocycles. The van der Waals surface area contributed by atoms with Crippen LogP contribution in [0.2, 0.25) is 0 Å². The van der Waals surface area contributed by atoms with Gasteiger partial charge in [0.25, 0.3) is 5.97 Å². The predicted molar refractivity (Wildman–Crippen MR) is 73.3 cm³/mol. The Balaban J connectivity index is 2.42. The SMILES string of the molecule is CC(Cc1ccccc1)(c1ccccc1)C(O)(O)O. The molecule has 0 aliphatic carbocycles. The van der Waals surface area contributed by atoms with E-state index in [4.69, 9.17) is 0 Å². The van der Waals surface area contributed by atoms with Gasteiger partial charge in [-0.15, -0.1) is 0 Å². The van der Waals surface area contributed by atoms with Gasteiger partial charge in [-0.1, -0.05) is 60.7 Å². The van der Waals surface area contributed by atoms with Gasteiger partial charge in [-0.3, -0.25) is 0 Å². The van der Waals surface area contributed by atoms with Crippen molar-refractivity contribution in [1.82, 2.24) is 0 Å². The highest BCUT2D eigenvalue weighted by Crippen LogP contribution is 2.35. The number of rotatable bonds is 4. The molecule has 3 heteroatoms. The largest absolute Gasteiger partial charge is 0.343 e. The average Bonchev–Trinajstić information content (AvgIpc) is 2.39. The quantitative estimate of drug-likeness (QED) is 0.733. The van der Waals surface area contributed by atoms with Crippen molar-refractivity contribution in [2.45, 2.75) is 24.7 Å². The van der Waals surface area contributed by atoms with Gasteiger partial charge in [0.05, 0.1) is 5.41 Å². The molecule has 0 aromatic heterocycles. The van der Waals surface area contributed by atoms with Crippen LogP contribution >= 0.6 is 0 Å². The van der Waals surface area contributed by atoms with Gasteiger partial charge in [0, 0.05) is 0 Å². The maximum Gasteiger partial charge on any atom is 0.285 e. The fraction of sp³-hybridized carbons (Fsp3) is 0.250. The standard InChI is InChI=1S/C16H18O3/c1-15(16(17,18)19,14-10-6-3-7-11-14)12-13-8-4-2-5-9-13/h2-11,17-19H,12H2,1H3. The van der Waals surface area contributed by atoms with Crippen LogP contribution in [0.4, 0.5) is 0 Å². The summed E-state index contributed by atoms with van der Waals surface area (Å²) in [6.07, 6.45) is 0.321. The van der Waals surface area contributed by atoms with Crippen LogP contribution in [0.5, 0.6) is 0 Å². The molecule has 0 aliphatic heterocycles. The fourth-order valence-corrected chi connectivity index (χ4v) is 2.22. The molecule has 0 bridgehead atoms. The fourth-order valence-electron chi connectivity index (χ4n) is 2.22. The van der Waals surface area contributed by atoms with E-state index < -0.39 is 11.4 Å². The summed E-state index contributed by atoms with van der Waals surface area (Å²) < 4.78 is 0. The Labute approximate surface area is 112 Å². The van der Waals surface area contributed by atoms with E-state index in [0.29, 0.717) is 12.0 Å². The molecule has 2 aromatic carbocycles. The van der Waals surface area contributed by atoms with Crippen molar-refractivity contribution in [3.63, 3.8) is 0 Å². The highest BCUT2D eigenvalue weighted by molar-refractivity contribution is 5.30. The second-order valence-corrected chi connectivity index (χ2v) is 5.00. The van der Waals surface area contributed by atoms with E-state index in [1.807, 2.05) is 48.5 Å². The van der Waals surface area contributed by atoms with E-state index >= 15 is 0 Å². The van der Waals surface area contributed by atoms with Crippen LogP contribution in [-0.4, -0.2) is 21.3 Å². The van der Waals surface area contributed by atoms with Gasteiger partial charge in [0.2, 0.25) is 0 Å². The van der Waals surface area contributed by atoms with Crippen LogP contribution in [0.1, 0.15) is 18.1 Å². The molecule has 2 rings (SSSR count). The maximum absolute atomic E-state index is 9.76. The summed E-state index contributed by atoms with van der Waals surface area (Å²) in [5.41, 5.74) is 0.400. The van der Waals surface area contributed by atoms with Gasteiger partial charge in [-0.25, -0.2) is 0 Å². The number of aliphatic hydroxyl groups is 3. The van der Waals surface area contributed by atoms with Crippen molar-refractivity contribution in [1.29, 1.82) is 0 Å². The zero-order valence-electron chi connectivity index (χ0n) is 10.8. The normalized spacial score (nSPS) is 14.9. The Kier molecular flexibility index (Phi) is 3.71. The molecule has 0 saturated carbocycles. The summed E-state index contributed by atoms with van der Waals surface area (Å²) in [5.74, 6) is -2.79. The molecule has 3 nitrogen and oxygen atoms in total. The smallest absolute Gasteiger partial charge is 0.285 e. The molecule has 0 saturated heterocycles. The minimum absolute atomic E-state index is 0.321. The molecule has 0 spiro atoms. The molecule has 100 valence electrons. The monoisotopic (exact) mass is 258 g/mol. The van der Waals surface area contributed by atoms with Crippen molar-refractivity contribution in [3.05, 3.63) is 71.8 Å². The van der Waals surface area contributed by atoms with E-state index in [9.17, 15) is 15.3 Å². The summed E-state index contributed by atoms with van der Waals surface area (Å²) >= 11 is 0. The first-order valence-electron chi connectivity index (χ1n) is 6.20. The number of benzene rings is 2. The van der Waals surface area contributed by atoms with Gasteiger partial charge in [0.15, 0.2) is 0 Å². The Morgan fingerprint density at radius 1 is 0.789 bits per heavy atom. The average molecular weight is 258 g/mol. The molecule has 0 fully saturated rings. The molecular formula is C16H18O3. The molecule has 0 radical (unpaired) electrons. The lowest BCUT2D eigenvalue weighted by Crippen LogP contribution is -2.51. The van der Waals surface area contributed by atoms with Crippen molar-refractivity contribution in [3.8, 4) is 0 Å². The third-order valence-electron chi connectivity index (χ3n) is 3.55. The number of hydrogen-bond donors (Lipinski definition) is 3. The number of hydrogen-bond acceptors (Lipinski definition) is 3. The molecule has 2 aromatic rings. The summed E-state index contributed by atoms with van der Waals surface area (Å²) in [4.78, 5) is 0. The van der Waals surface area contributed by atoms with E-state index in [1.54, 1.807) is 19.1 Å². The second-order valence-electron chi connectivity index (χ2n) is 5.00. The Morgan fingerprint density at radius 2 is 1.26 bits per heavy atom. The molecule has 0 amide bonds. The summed E-state index contributed by atoms with van der Waals surface area (Å²) in [6, 6.07) is 18.5. The minimum atomic E-state index is -2.79. The third kappa shape index (κ3) is 2.84. The minimum Gasteiger partial charge on any atom is -0.343 e. The van der Waals surface area contributed by atoms with Gasteiger partial charge in [0.1, 0.15) is 0 Å². The van der Waals surface area contributed by atoms with Crippen LogP contribution in [0.15, 0.2) is 60.7 Å². The van der Waals surface area contributed by atoms with Crippen LogP contribution in [0, 0.1) is 0 Å².